The molecule has 3 aromatic rings. The van der Waals surface area contributed by atoms with E-state index in [9.17, 15) is 9.59 Å². The molecule has 6 heteroatoms. The minimum atomic E-state index is -0.866. The summed E-state index contributed by atoms with van der Waals surface area (Å²) in [5.74, 6) is 0.204. The normalized spacial score (nSPS) is 10.4. The van der Waals surface area contributed by atoms with Crippen molar-refractivity contribution in [1.29, 1.82) is 0 Å². The van der Waals surface area contributed by atoms with E-state index in [-0.39, 0.29) is 23.4 Å². The molecule has 0 aliphatic heterocycles. The lowest BCUT2D eigenvalue weighted by atomic mass is 10.1. The fourth-order valence-electron chi connectivity index (χ4n) is 2.29. The van der Waals surface area contributed by atoms with Gasteiger partial charge >= 0.3 is 6.16 Å². The lowest BCUT2D eigenvalue weighted by Crippen LogP contribution is -2.10. The largest absolute Gasteiger partial charge is 0.514 e. The summed E-state index contributed by atoms with van der Waals surface area (Å²) in [5, 5.41) is 0.809. The molecule has 0 unspecified atom stereocenters. The Balaban J connectivity index is 1.97. The molecule has 1 heterocycles. The molecule has 0 spiro atoms. The Hall–Kier alpha value is -3.05. The van der Waals surface area contributed by atoms with Gasteiger partial charge in [-0.1, -0.05) is 42.5 Å². The number of benzene rings is 2. The molecule has 5 nitrogen and oxygen atoms in total. The van der Waals surface area contributed by atoms with E-state index in [1.807, 2.05) is 0 Å². The zero-order valence-electron chi connectivity index (χ0n) is 13.0. The van der Waals surface area contributed by atoms with Crippen LogP contribution >= 0.6 is 11.6 Å². The maximum atomic E-state index is 12.7. The highest BCUT2D eigenvalue weighted by molar-refractivity contribution is 6.33. The van der Waals surface area contributed by atoms with Gasteiger partial charge in [0.25, 0.3) is 0 Å². The third-order valence-electron chi connectivity index (χ3n) is 3.43. The summed E-state index contributed by atoms with van der Waals surface area (Å²) in [6, 6.07) is 11.5. The van der Waals surface area contributed by atoms with Crippen molar-refractivity contribution in [3.05, 3.63) is 76.6 Å². The second kappa shape index (κ2) is 7.23. The molecular formula is C19H13ClO5. The van der Waals surface area contributed by atoms with Crippen molar-refractivity contribution in [2.75, 3.05) is 6.61 Å². The van der Waals surface area contributed by atoms with Crippen molar-refractivity contribution in [2.45, 2.75) is 0 Å². The number of carbonyl (C=O) groups is 1. The third kappa shape index (κ3) is 3.56. The number of hydrogen-bond acceptors (Lipinski definition) is 5. The molecule has 126 valence electrons. The number of hydrogen-bond donors (Lipinski definition) is 0. The summed E-state index contributed by atoms with van der Waals surface area (Å²) < 4.78 is 15.3. The lowest BCUT2D eigenvalue weighted by Gasteiger charge is -2.07. The zero-order valence-corrected chi connectivity index (χ0v) is 13.8. The highest BCUT2D eigenvalue weighted by Gasteiger charge is 2.13. The molecule has 0 N–H and O–H groups in total. The van der Waals surface area contributed by atoms with Gasteiger partial charge in [0.2, 0.25) is 5.43 Å². The monoisotopic (exact) mass is 356 g/mol. The van der Waals surface area contributed by atoms with E-state index >= 15 is 0 Å². The number of halogens is 1. The van der Waals surface area contributed by atoms with Crippen LogP contribution in [0.15, 0.2) is 70.6 Å². The first-order valence-corrected chi connectivity index (χ1v) is 7.74. The Morgan fingerprint density at radius 1 is 1.20 bits per heavy atom. The summed E-state index contributed by atoms with van der Waals surface area (Å²) in [7, 11) is 0. The Bertz CT molecular complexity index is 1010. The van der Waals surface area contributed by atoms with Crippen LogP contribution in [0.3, 0.4) is 0 Å². The second-order valence-electron chi connectivity index (χ2n) is 5.07. The molecule has 0 radical (unpaired) electrons. The van der Waals surface area contributed by atoms with E-state index in [4.69, 9.17) is 25.5 Å². The Kier molecular flexibility index (Phi) is 4.86. The molecule has 0 atom stereocenters. The van der Waals surface area contributed by atoms with Gasteiger partial charge < -0.3 is 13.9 Å². The minimum absolute atomic E-state index is 0.0443. The molecule has 0 amide bonds. The highest BCUT2D eigenvalue weighted by atomic mass is 35.5. The molecule has 2 aromatic carbocycles. The van der Waals surface area contributed by atoms with Gasteiger partial charge in [0, 0.05) is 16.7 Å². The van der Waals surface area contributed by atoms with Gasteiger partial charge in [0.15, 0.2) is 0 Å². The van der Waals surface area contributed by atoms with Crippen LogP contribution in [0.2, 0.25) is 5.02 Å². The third-order valence-corrected chi connectivity index (χ3v) is 3.76. The molecule has 0 saturated carbocycles. The van der Waals surface area contributed by atoms with Crippen LogP contribution in [0.25, 0.3) is 22.1 Å². The summed E-state index contributed by atoms with van der Waals surface area (Å²) in [5.41, 5.74) is 1.01. The molecule has 1 aromatic heterocycles. The number of ether oxygens (including phenoxy) is 2. The lowest BCUT2D eigenvalue weighted by molar-refractivity contribution is 0.109. The topological polar surface area (TPSA) is 65.7 Å². The van der Waals surface area contributed by atoms with Crippen LogP contribution in [0.4, 0.5) is 4.79 Å². The smallest absolute Gasteiger partial charge is 0.463 e. The predicted molar refractivity (Wildman–Crippen MR) is 95.1 cm³/mol. The van der Waals surface area contributed by atoms with E-state index in [0.717, 1.165) is 0 Å². The van der Waals surface area contributed by atoms with Crippen molar-refractivity contribution in [3.63, 3.8) is 0 Å². The van der Waals surface area contributed by atoms with Gasteiger partial charge in [0.05, 0.1) is 10.9 Å². The van der Waals surface area contributed by atoms with Gasteiger partial charge in [-0.15, -0.1) is 0 Å². The fourth-order valence-corrected chi connectivity index (χ4v) is 2.53. The summed E-state index contributed by atoms with van der Waals surface area (Å²) in [6.45, 7) is 3.48. The molecular weight excluding hydrogens is 344 g/mol. The molecule has 0 saturated heterocycles. The predicted octanol–water partition coefficient (Wildman–Crippen LogP) is 4.81. The van der Waals surface area contributed by atoms with Crippen molar-refractivity contribution >= 4 is 28.7 Å². The first kappa shape index (κ1) is 16.8. The highest BCUT2D eigenvalue weighted by Crippen LogP contribution is 2.27. The molecule has 25 heavy (non-hydrogen) atoms. The molecule has 0 aliphatic carbocycles. The molecule has 0 bridgehead atoms. The SMILES string of the molecule is C=CCOC(=O)Oc1ccc2c(=O)c(-c3ccccc3Cl)coc2c1. The van der Waals surface area contributed by atoms with Gasteiger partial charge in [-0.05, 0) is 18.2 Å². The Morgan fingerprint density at radius 2 is 2.00 bits per heavy atom. The molecule has 0 fully saturated rings. The zero-order chi connectivity index (χ0) is 17.8. The Morgan fingerprint density at radius 3 is 2.76 bits per heavy atom. The number of rotatable bonds is 4. The second-order valence-corrected chi connectivity index (χ2v) is 5.48. The van der Waals surface area contributed by atoms with Crippen molar-refractivity contribution < 1.29 is 18.7 Å². The van der Waals surface area contributed by atoms with Gasteiger partial charge in [-0.3, -0.25) is 4.79 Å². The first-order valence-electron chi connectivity index (χ1n) is 7.36. The number of fused-ring (bicyclic) bond motifs is 1. The summed E-state index contributed by atoms with van der Waals surface area (Å²) in [4.78, 5) is 24.1. The van der Waals surface area contributed by atoms with Crippen molar-refractivity contribution in [1.82, 2.24) is 0 Å². The molecule has 3 rings (SSSR count). The van der Waals surface area contributed by atoms with Crippen LogP contribution in [0.1, 0.15) is 0 Å². The van der Waals surface area contributed by atoms with E-state index in [1.54, 1.807) is 24.3 Å². The van der Waals surface area contributed by atoms with Crippen molar-refractivity contribution in [3.8, 4) is 16.9 Å². The average Bonchev–Trinajstić information content (AvgIpc) is 2.61. The molecule has 0 aliphatic rings. The average molecular weight is 357 g/mol. The van der Waals surface area contributed by atoms with Crippen LogP contribution in [-0.2, 0) is 4.74 Å². The van der Waals surface area contributed by atoms with E-state index in [1.165, 1.54) is 30.5 Å². The van der Waals surface area contributed by atoms with Gasteiger partial charge in [-0.2, -0.15) is 0 Å². The summed E-state index contributed by atoms with van der Waals surface area (Å²) >= 11 is 6.15. The Labute approximate surface area is 148 Å². The fraction of sp³-hybridized carbons (Fsp3) is 0.0526. The number of carbonyl (C=O) groups excluding carboxylic acids is 1. The standard InChI is InChI=1S/C19H13ClO5/c1-2-9-23-19(22)25-12-7-8-14-17(10-12)24-11-15(18(14)21)13-5-3-4-6-16(13)20/h2-8,10-11H,1,9H2. The summed E-state index contributed by atoms with van der Waals surface area (Å²) in [6.07, 6.45) is 1.90. The van der Waals surface area contributed by atoms with Crippen molar-refractivity contribution in [2.24, 2.45) is 0 Å². The first-order chi connectivity index (χ1) is 12.1. The minimum Gasteiger partial charge on any atom is -0.463 e. The van der Waals surface area contributed by atoms with Crippen LogP contribution in [-0.4, -0.2) is 12.8 Å². The van der Waals surface area contributed by atoms with Gasteiger partial charge in [-0.25, -0.2) is 4.79 Å². The van der Waals surface area contributed by atoms with Crippen LogP contribution in [0, 0.1) is 0 Å². The van der Waals surface area contributed by atoms with Crippen LogP contribution < -0.4 is 10.2 Å². The quantitative estimate of drug-likeness (QED) is 0.381. The van der Waals surface area contributed by atoms with Gasteiger partial charge in [0.1, 0.15) is 24.2 Å². The van der Waals surface area contributed by atoms with Crippen LogP contribution in [0.5, 0.6) is 5.75 Å². The maximum Gasteiger partial charge on any atom is 0.514 e. The maximum absolute atomic E-state index is 12.7. The van der Waals surface area contributed by atoms with E-state index in [0.29, 0.717) is 21.5 Å². The van der Waals surface area contributed by atoms with E-state index in [2.05, 4.69) is 6.58 Å². The van der Waals surface area contributed by atoms with E-state index < -0.39 is 6.16 Å².